The van der Waals surface area contributed by atoms with Gasteiger partial charge in [0, 0.05) is 17.3 Å². The van der Waals surface area contributed by atoms with E-state index in [1.807, 2.05) is 30.5 Å². The van der Waals surface area contributed by atoms with Crippen LogP contribution < -0.4 is 0 Å². The van der Waals surface area contributed by atoms with Gasteiger partial charge in [-0.15, -0.1) is 0 Å². The number of rotatable bonds is 13. The summed E-state index contributed by atoms with van der Waals surface area (Å²) in [4.78, 5) is 16.0. The van der Waals surface area contributed by atoms with Crippen molar-refractivity contribution in [2.24, 2.45) is 0 Å². The molecule has 2 heterocycles. The molecule has 2 aromatic heterocycles. The Kier molecular flexibility index (Phi) is 8.90. The Labute approximate surface area is 188 Å². The first-order valence-electron chi connectivity index (χ1n) is 12.1. The number of nitrogens with zero attached hydrogens (tertiary/aromatic N) is 2. The fraction of sp³-hybridized carbons (Fsp3) is 0.464. The number of unbranched alkanes of at least 4 members (excludes halogenated alkanes) is 2. The summed E-state index contributed by atoms with van der Waals surface area (Å²) in [6, 6.07) is 16.6. The van der Waals surface area contributed by atoms with E-state index < -0.39 is 0 Å². The standard InChI is InChI=1S/C28H38N2O/c1-4-7-13-25-22-26-14-9-10-21-30(26)27(25)28(31)24-17-15-23(16-18-24)12-11-20-29(6-3)19-8-5-2/h9-10,14-18,21-22H,4-8,11-13,19-20H2,1-3H3. The smallest absolute Gasteiger partial charge is 0.210 e. The molecule has 0 amide bonds. The molecule has 3 nitrogen and oxygen atoms in total. The number of aromatic nitrogens is 1. The minimum absolute atomic E-state index is 0.126. The lowest BCUT2D eigenvalue weighted by atomic mass is 10.00. The minimum atomic E-state index is 0.126. The Hall–Kier alpha value is -2.39. The molecule has 0 aliphatic carbocycles. The molecular weight excluding hydrogens is 380 g/mol. The molecule has 0 spiro atoms. The maximum atomic E-state index is 13.4. The SMILES string of the molecule is CCCCc1cc2ccccn2c1C(=O)c1ccc(CCCN(CC)CCCC)cc1. The molecule has 0 aliphatic heterocycles. The van der Waals surface area contributed by atoms with Crippen molar-refractivity contribution < 1.29 is 4.79 Å². The summed E-state index contributed by atoms with van der Waals surface area (Å²) in [6.45, 7) is 10.2. The second kappa shape index (κ2) is 11.9. The molecule has 166 valence electrons. The number of aryl methyl sites for hydroxylation is 2. The van der Waals surface area contributed by atoms with Crippen LogP contribution in [0.3, 0.4) is 0 Å². The second-order valence-corrected chi connectivity index (χ2v) is 8.53. The molecule has 0 N–H and O–H groups in total. The summed E-state index contributed by atoms with van der Waals surface area (Å²) in [7, 11) is 0. The van der Waals surface area contributed by atoms with Crippen LogP contribution in [-0.2, 0) is 12.8 Å². The van der Waals surface area contributed by atoms with E-state index in [-0.39, 0.29) is 5.78 Å². The number of ketones is 1. The summed E-state index contributed by atoms with van der Waals surface area (Å²) >= 11 is 0. The van der Waals surface area contributed by atoms with Gasteiger partial charge in [0.25, 0.3) is 0 Å². The van der Waals surface area contributed by atoms with Crippen LogP contribution in [0.25, 0.3) is 5.52 Å². The van der Waals surface area contributed by atoms with Crippen LogP contribution in [0.2, 0.25) is 0 Å². The Balaban J connectivity index is 1.69. The third kappa shape index (κ3) is 6.07. The molecular formula is C28H38N2O. The predicted octanol–water partition coefficient (Wildman–Crippen LogP) is 6.57. The molecule has 0 unspecified atom stereocenters. The van der Waals surface area contributed by atoms with Crippen molar-refractivity contribution in [3.8, 4) is 0 Å². The van der Waals surface area contributed by atoms with Gasteiger partial charge in [-0.25, -0.2) is 0 Å². The van der Waals surface area contributed by atoms with E-state index in [1.165, 1.54) is 24.9 Å². The van der Waals surface area contributed by atoms with E-state index in [0.29, 0.717) is 0 Å². The van der Waals surface area contributed by atoms with Gasteiger partial charge in [0.15, 0.2) is 0 Å². The zero-order valence-corrected chi connectivity index (χ0v) is 19.6. The van der Waals surface area contributed by atoms with Gasteiger partial charge in [-0.2, -0.15) is 0 Å². The molecule has 0 bridgehead atoms. The molecule has 0 aliphatic rings. The lowest BCUT2D eigenvalue weighted by Crippen LogP contribution is -2.25. The topological polar surface area (TPSA) is 24.7 Å². The van der Waals surface area contributed by atoms with Crippen molar-refractivity contribution in [1.82, 2.24) is 9.30 Å². The Morgan fingerprint density at radius 2 is 1.61 bits per heavy atom. The van der Waals surface area contributed by atoms with Crippen molar-refractivity contribution in [2.45, 2.75) is 65.7 Å². The lowest BCUT2D eigenvalue weighted by Gasteiger charge is -2.19. The third-order valence-electron chi connectivity index (χ3n) is 6.20. The molecule has 0 radical (unpaired) electrons. The summed E-state index contributed by atoms with van der Waals surface area (Å²) in [5.41, 5.74) is 5.18. The summed E-state index contributed by atoms with van der Waals surface area (Å²) < 4.78 is 2.05. The highest BCUT2D eigenvalue weighted by molar-refractivity contribution is 6.09. The van der Waals surface area contributed by atoms with Crippen LogP contribution >= 0.6 is 0 Å². The van der Waals surface area contributed by atoms with Gasteiger partial charge in [0.05, 0.1) is 5.69 Å². The van der Waals surface area contributed by atoms with Crippen LogP contribution in [0.5, 0.6) is 0 Å². The number of hydrogen-bond acceptors (Lipinski definition) is 2. The van der Waals surface area contributed by atoms with Crippen molar-refractivity contribution >= 4 is 11.3 Å². The minimum Gasteiger partial charge on any atom is -0.313 e. The van der Waals surface area contributed by atoms with Crippen molar-refractivity contribution in [1.29, 1.82) is 0 Å². The molecule has 3 rings (SSSR count). The van der Waals surface area contributed by atoms with Crippen LogP contribution in [-0.4, -0.2) is 34.7 Å². The number of carbonyl (C=O) groups excluding carboxylic acids is 1. The molecule has 0 atom stereocenters. The van der Waals surface area contributed by atoms with Crippen molar-refractivity contribution in [3.63, 3.8) is 0 Å². The third-order valence-corrected chi connectivity index (χ3v) is 6.20. The van der Waals surface area contributed by atoms with Crippen LogP contribution in [0, 0.1) is 0 Å². The molecule has 3 heteroatoms. The maximum absolute atomic E-state index is 13.4. The van der Waals surface area contributed by atoms with Crippen LogP contribution in [0.15, 0.2) is 54.7 Å². The number of benzene rings is 1. The highest BCUT2D eigenvalue weighted by Gasteiger charge is 2.18. The highest BCUT2D eigenvalue weighted by atomic mass is 16.1. The van der Waals surface area contributed by atoms with E-state index in [0.717, 1.165) is 67.5 Å². The van der Waals surface area contributed by atoms with Gasteiger partial charge in [0.1, 0.15) is 0 Å². The Morgan fingerprint density at radius 1 is 0.871 bits per heavy atom. The monoisotopic (exact) mass is 418 g/mol. The summed E-state index contributed by atoms with van der Waals surface area (Å²) in [5, 5.41) is 0. The van der Waals surface area contributed by atoms with Crippen molar-refractivity contribution in [3.05, 3.63) is 77.1 Å². The first-order valence-corrected chi connectivity index (χ1v) is 12.1. The van der Waals surface area contributed by atoms with E-state index in [2.05, 4.69) is 54.3 Å². The Bertz CT molecular complexity index is 955. The Morgan fingerprint density at radius 3 is 2.32 bits per heavy atom. The molecule has 31 heavy (non-hydrogen) atoms. The zero-order valence-electron chi connectivity index (χ0n) is 19.6. The largest absolute Gasteiger partial charge is 0.313 e. The van der Waals surface area contributed by atoms with Crippen LogP contribution in [0.1, 0.15) is 80.1 Å². The first kappa shape index (κ1) is 23.3. The second-order valence-electron chi connectivity index (χ2n) is 8.53. The molecule has 0 saturated heterocycles. The van der Waals surface area contributed by atoms with E-state index in [9.17, 15) is 4.79 Å². The van der Waals surface area contributed by atoms with Gasteiger partial charge in [-0.05, 0) is 81.1 Å². The number of carbonyl (C=O) groups is 1. The fourth-order valence-electron chi connectivity index (χ4n) is 4.27. The first-order chi connectivity index (χ1) is 15.2. The average Bonchev–Trinajstić information content (AvgIpc) is 3.18. The zero-order chi connectivity index (χ0) is 22.1. The van der Waals surface area contributed by atoms with E-state index >= 15 is 0 Å². The van der Waals surface area contributed by atoms with E-state index in [4.69, 9.17) is 0 Å². The summed E-state index contributed by atoms with van der Waals surface area (Å²) in [6.07, 6.45) is 9.93. The van der Waals surface area contributed by atoms with Gasteiger partial charge < -0.3 is 9.30 Å². The quantitative estimate of drug-likeness (QED) is 0.293. The summed E-state index contributed by atoms with van der Waals surface area (Å²) in [5.74, 6) is 0.126. The number of hydrogen-bond donors (Lipinski definition) is 0. The normalized spacial score (nSPS) is 11.5. The molecule has 0 fully saturated rings. The number of pyridine rings is 1. The maximum Gasteiger partial charge on any atom is 0.210 e. The number of fused-ring (bicyclic) bond motifs is 1. The lowest BCUT2D eigenvalue weighted by molar-refractivity contribution is 0.103. The predicted molar refractivity (Wildman–Crippen MR) is 131 cm³/mol. The molecule has 0 saturated carbocycles. The average molecular weight is 419 g/mol. The highest BCUT2D eigenvalue weighted by Crippen LogP contribution is 2.22. The fourth-order valence-corrected chi connectivity index (χ4v) is 4.27. The molecule has 1 aromatic carbocycles. The van der Waals surface area contributed by atoms with Crippen molar-refractivity contribution in [2.75, 3.05) is 19.6 Å². The van der Waals surface area contributed by atoms with Crippen LogP contribution in [0.4, 0.5) is 0 Å². The molecule has 3 aromatic rings. The van der Waals surface area contributed by atoms with Gasteiger partial charge in [-0.3, -0.25) is 4.79 Å². The van der Waals surface area contributed by atoms with Gasteiger partial charge in [-0.1, -0.05) is 63.9 Å². The van der Waals surface area contributed by atoms with Gasteiger partial charge in [0.2, 0.25) is 5.78 Å². The van der Waals surface area contributed by atoms with E-state index in [1.54, 1.807) is 0 Å². The van der Waals surface area contributed by atoms with Gasteiger partial charge >= 0.3 is 0 Å².